The maximum absolute atomic E-state index is 14.7. The quantitative estimate of drug-likeness (QED) is 0.514. The highest BCUT2D eigenvalue weighted by atomic mass is 19.2. The summed E-state index contributed by atoms with van der Waals surface area (Å²) in [6.07, 6.45) is -1.42. The fourth-order valence-electron chi connectivity index (χ4n) is 5.36. The highest BCUT2D eigenvalue weighted by molar-refractivity contribution is 6.18. The highest BCUT2D eigenvalue weighted by Crippen LogP contribution is 2.47. The SMILES string of the molecule is CCOC(=O)C1=CN2C3CC4OC=NC4CC3OC3C(F)C(F)CC(C1=O)C32. The number of nitrogens with zero attached hydrogens (tertiary/aromatic N) is 2. The van der Waals surface area contributed by atoms with Crippen LogP contribution in [0.1, 0.15) is 26.2 Å². The molecular formula is C19H22F2N2O5. The third-order valence-electron chi connectivity index (χ3n) is 6.62. The lowest BCUT2D eigenvalue weighted by Crippen LogP contribution is -2.71. The molecule has 2 aliphatic carbocycles. The fraction of sp³-hybridized carbons (Fsp3) is 0.737. The van der Waals surface area contributed by atoms with Crippen molar-refractivity contribution in [2.24, 2.45) is 10.9 Å². The van der Waals surface area contributed by atoms with E-state index in [-0.39, 0.29) is 42.9 Å². The van der Waals surface area contributed by atoms with Crippen LogP contribution in [-0.4, -0.2) is 78.4 Å². The van der Waals surface area contributed by atoms with Gasteiger partial charge in [-0.15, -0.1) is 0 Å². The maximum Gasteiger partial charge on any atom is 0.343 e. The summed E-state index contributed by atoms with van der Waals surface area (Å²) < 4.78 is 45.8. The van der Waals surface area contributed by atoms with Crippen molar-refractivity contribution in [2.75, 3.05) is 6.61 Å². The molecule has 3 aliphatic heterocycles. The molecule has 2 saturated carbocycles. The largest absolute Gasteiger partial charge is 0.478 e. The molecule has 0 amide bonds. The predicted octanol–water partition coefficient (Wildman–Crippen LogP) is 1.11. The van der Waals surface area contributed by atoms with Gasteiger partial charge in [0.1, 0.15) is 24.0 Å². The van der Waals surface area contributed by atoms with Crippen molar-refractivity contribution in [2.45, 2.75) is 75.0 Å². The lowest BCUT2D eigenvalue weighted by atomic mass is 9.70. The topological polar surface area (TPSA) is 77.4 Å². The number of ether oxygens (including phenoxy) is 3. The Morgan fingerprint density at radius 1 is 1.32 bits per heavy atom. The van der Waals surface area contributed by atoms with Crippen LogP contribution in [0.15, 0.2) is 16.8 Å². The number of alkyl halides is 2. The van der Waals surface area contributed by atoms with E-state index in [4.69, 9.17) is 14.2 Å². The van der Waals surface area contributed by atoms with Crippen LogP contribution in [-0.2, 0) is 23.8 Å². The molecule has 0 aromatic rings. The van der Waals surface area contributed by atoms with Crippen molar-refractivity contribution < 1.29 is 32.6 Å². The molecule has 7 nitrogen and oxygen atoms in total. The van der Waals surface area contributed by atoms with E-state index in [0.29, 0.717) is 12.8 Å². The molecule has 5 aliphatic rings. The molecule has 28 heavy (non-hydrogen) atoms. The van der Waals surface area contributed by atoms with Crippen LogP contribution >= 0.6 is 0 Å². The Kier molecular flexibility index (Phi) is 4.19. The number of rotatable bonds is 2. The molecule has 0 radical (unpaired) electrons. The molecule has 0 aromatic carbocycles. The number of hydrogen-bond donors (Lipinski definition) is 0. The summed E-state index contributed by atoms with van der Waals surface area (Å²) in [5.41, 5.74) is -0.0993. The number of morpholine rings is 1. The summed E-state index contributed by atoms with van der Waals surface area (Å²) in [5, 5.41) is 0. The first-order valence-corrected chi connectivity index (χ1v) is 9.81. The second-order valence-electron chi connectivity index (χ2n) is 8.04. The molecule has 1 saturated heterocycles. The van der Waals surface area contributed by atoms with E-state index < -0.39 is 42.2 Å². The highest BCUT2D eigenvalue weighted by Gasteiger charge is 2.60. The standard InChI is InChI=1S/C19H22F2N2O5/c1-2-26-19(25)9-6-23-12-5-13-11(22-7-27-13)4-14(12)28-18-15(21)10(20)3-8(16(18)23)17(9)24/h6-8,10-16,18H,2-5H2,1H3. The van der Waals surface area contributed by atoms with E-state index in [0.717, 1.165) is 0 Å². The van der Waals surface area contributed by atoms with E-state index in [2.05, 4.69) is 4.99 Å². The van der Waals surface area contributed by atoms with Gasteiger partial charge in [0.15, 0.2) is 18.4 Å². The Labute approximate surface area is 160 Å². The van der Waals surface area contributed by atoms with Crippen molar-refractivity contribution in [3.05, 3.63) is 11.8 Å². The number of carbonyl (C=O) groups is 2. The van der Waals surface area contributed by atoms with Gasteiger partial charge in [-0.1, -0.05) is 0 Å². The second kappa shape index (κ2) is 6.50. The van der Waals surface area contributed by atoms with Gasteiger partial charge >= 0.3 is 5.97 Å². The van der Waals surface area contributed by atoms with E-state index in [1.807, 2.05) is 4.90 Å². The second-order valence-corrected chi connectivity index (χ2v) is 8.04. The number of Topliss-reactive ketones (excluding diaryl/α,β-unsaturated/α-hetero) is 1. The Morgan fingerprint density at radius 3 is 2.93 bits per heavy atom. The Morgan fingerprint density at radius 2 is 2.14 bits per heavy atom. The molecule has 0 aromatic heterocycles. The van der Waals surface area contributed by atoms with Crippen molar-refractivity contribution in [1.29, 1.82) is 0 Å². The van der Waals surface area contributed by atoms with Crippen LogP contribution < -0.4 is 0 Å². The van der Waals surface area contributed by atoms with Crippen LogP contribution in [0.4, 0.5) is 8.78 Å². The minimum Gasteiger partial charge on any atom is -0.478 e. The van der Waals surface area contributed by atoms with Gasteiger partial charge in [-0.2, -0.15) is 0 Å². The predicted molar refractivity (Wildman–Crippen MR) is 92.1 cm³/mol. The van der Waals surface area contributed by atoms with Crippen LogP contribution in [0, 0.1) is 5.92 Å². The van der Waals surface area contributed by atoms with E-state index in [1.165, 1.54) is 12.6 Å². The number of fused-ring (bicyclic) bond motifs is 3. The van der Waals surface area contributed by atoms with Gasteiger partial charge in [0.05, 0.1) is 30.8 Å². The number of carbonyl (C=O) groups excluding carboxylic acids is 2. The average molecular weight is 396 g/mol. The Hall–Kier alpha value is -2.03. The van der Waals surface area contributed by atoms with E-state index >= 15 is 0 Å². The number of ketones is 1. The normalized spacial score (nSPS) is 46.1. The summed E-state index contributed by atoms with van der Waals surface area (Å²) in [5.74, 6) is -2.05. The molecule has 152 valence electrons. The zero-order chi connectivity index (χ0) is 19.6. The molecule has 9 unspecified atom stereocenters. The number of aliphatic imine (C=N–C) groups is 1. The molecule has 0 N–H and O–H groups in total. The first-order valence-electron chi connectivity index (χ1n) is 9.81. The smallest absolute Gasteiger partial charge is 0.343 e. The molecular weight excluding hydrogens is 374 g/mol. The van der Waals surface area contributed by atoms with Gasteiger partial charge in [-0.05, 0) is 13.3 Å². The minimum atomic E-state index is -1.81. The van der Waals surface area contributed by atoms with Gasteiger partial charge in [-0.25, -0.2) is 13.6 Å². The first kappa shape index (κ1) is 18.0. The Balaban J connectivity index is 1.55. The van der Waals surface area contributed by atoms with Gasteiger partial charge in [-0.3, -0.25) is 9.79 Å². The van der Waals surface area contributed by atoms with E-state index in [9.17, 15) is 18.4 Å². The van der Waals surface area contributed by atoms with Crippen LogP contribution in [0.3, 0.4) is 0 Å². The number of halogens is 2. The van der Waals surface area contributed by atoms with Crippen LogP contribution in [0.5, 0.6) is 0 Å². The van der Waals surface area contributed by atoms with Crippen molar-refractivity contribution in [3.8, 4) is 0 Å². The molecule has 9 heteroatoms. The average Bonchev–Trinajstić information content (AvgIpc) is 3.13. The first-order chi connectivity index (χ1) is 13.5. The Bertz CT molecular complexity index is 759. The maximum atomic E-state index is 14.7. The third kappa shape index (κ3) is 2.51. The molecule has 5 rings (SSSR count). The summed E-state index contributed by atoms with van der Waals surface area (Å²) in [7, 11) is 0. The third-order valence-corrected chi connectivity index (χ3v) is 6.62. The molecule has 0 bridgehead atoms. The monoisotopic (exact) mass is 396 g/mol. The zero-order valence-corrected chi connectivity index (χ0v) is 15.4. The van der Waals surface area contributed by atoms with Crippen LogP contribution in [0.25, 0.3) is 0 Å². The summed E-state index contributed by atoms with van der Waals surface area (Å²) >= 11 is 0. The molecule has 9 atom stereocenters. The van der Waals surface area contributed by atoms with Crippen LogP contribution in [0.2, 0.25) is 0 Å². The van der Waals surface area contributed by atoms with Gasteiger partial charge in [0, 0.05) is 25.0 Å². The molecule has 3 heterocycles. The van der Waals surface area contributed by atoms with Crippen molar-refractivity contribution in [3.63, 3.8) is 0 Å². The van der Waals surface area contributed by atoms with E-state index in [1.54, 1.807) is 6.92 Å². The summed E-state index contributed by atoms with van der Waals surface area (Å²) in [4.78, 5) is 31.4. The molecule has 0 spiro atoms. The molecule has 3 fully saturated rings. The lowest BCUT2D eigenvalue weighted by Gasteiger charge is -2.58. The number of esters is 1. The summed E-state index contributed by atoms with van der Waals surface area (Å²) in [6.45, 7) is 1.78. The zero-order valence-electron chi connectivity index (χ0n) is 15.4. The fourth-order valence-corrected chi connectivity index (χ4v) is 5.36. The van der Waals surface area contributed by atoms with Gasteiger partial charge < -0.3 is 19.1 Å². The van der Waals surface area contributed by atoms with Crippen molar-refractivity contribution in [1.82, 2.24) is 4.90 Å². The van der Waals surface area contributed by atoms with Gasteiger partial charge in [0.2, 0.25) is 0 Å². The van der Waals surface area contributed by atoms with Gasteiger partial charge in [0.25, 0.3) is 0 Å². The lowest BCUT2D eigenvalue weighted by molar-refractivity contribution is -0.215. The summed E-state index contributed by atoms with van der Waals surface area (Å²) in [6, 6.07) is -0.906. The number of hydrogen-bond acceptors (Lipinski definition) is 7. The van der Waals surface area contributed by atoms with Crippen molar-refractivity contribution >= 4 is 18.2 Å². The minimum absolute atomic E-state index is 0.0728.